The first-order valence-corrected chi connectivity index (χ1v) is 5.78. The van der Waals surface area contributed by atoms with Crippen LogP contribution in [-0.2, 0) is 11.2 Å². The predicted octanol–water partition coefficient (Wildman–Crippen LogP) is 2.53. The lowest BCUT2D eigenvalue weighted by atomic mass is 9.84. The van der Waals surface area contributed by atoms with Gasteiger partial charge in [0.2, 0.25) is 0 Å². The highest BCUT2D eigenvalue weighted by Gasteiger charge is 2.29. The van der Waals surface area contributed by atoms with Crippen LogP contribution in [0.15, 0.2) is 18.2 Å². The van der Waals surface area contributed by atoms with E-state index in [2.05, 4.69) is 0 Å². The molecule has 0 aromatic heterocycles. The highest BCUT2D eigenvalue weighted by Crippen LogP contribution is 2.28. The van der Waals surface area contributed by atoms with Gasteiger partial charge in [0.25, 0.3) is 0 Å². The molecule has 1 aromatic carbocycles. The highest BCUT2D eigenvalue weighted by molar-refractivity contribution is 6.31. The fourth-order valence-corrected chi connectivity index (χ4v) is 2.24. The number of rotatable bonds is 2. The van der Waals surface area contributed by atoms with Gasteiger partial charge in [0, 0.05) is 29.3 Å². The third-order valence-corrected chi connectivity index (χ3v) is 3.43. The molecule has 1 aliphatic rings. The van der Waals surface area contributed by atoms with E-state index in [0.717, 1.165) is 12.8 Å². The van der Waals surface area contributed by atoms with Crippen molar-refractivity contribution in [2.75, 3.05) is 13.2 Å². The quantitative estimate of drug-likeness (QED) is 0.866. The number of hydrogen-bond acceptors (Lipinski definition) is 2. The summed E-state index contributed by atoms with van der Waals surface area (Å²) in [5, 5.41) is 0.455. The van der Waals surface area contributed by atoms with Gasteiger partial charge in [-0.1, -0.05) is 17.7 Å². The normalized spacial score (nSPS) is 19.7. The van der Waals surface area contributed by atoms with E-state index in [4.69, 9.17) is 22.1 Å². The maximum Gasteiger partial charge on any atom is 0.127 e. The molecule has 1 saturated heterocycles. The molecule has 1 aromatic rings. The topological polar surface area (TPSA) is 35.2 Å². The van der Waals surface area contributed by atoms with Crippen LogP contribution in [0.3, 0.4) is 0 Å². The molecule has 0 unspecified atom stereocenters. The molecule has 2 N–H and O–H groups in total. The Morgan fingerprint density at radius 2 is 2.06 bits per heavy atom. The van der Waals surface area contributed by atoms with E-state index in [1.165, 1.54) is 6.07 Å². The van der Waals surface area contributed by atoms with E-state index in [9.17, 15) is 4.39 Å². The average Bonchev–Trinajstić information content (AvgIpc) is 2.25. The number of ether oxygens (including phenoxy) is 1. The molecule has 0 aliphatic carbocycles. The van der Waals surface area contributed by atoms with Crippen molar-refractivity contribution >= 4 is 11.6 Å². The van der Waals surface area contributed by atoms with Gasteiger partial charge in [-0.2, -0.15) is 0 Å². The van der Waals surface area contributed by atoms with Crippen molar-refractivity contribution in [2.45, 2.75) is 24.8 Å². The van der Waals surface area contributed by atoms with Crippen LogP contribution in [0.25, 0.3) is 0 Å². The molecule has 0 saturated carbocycles. The zero-order valence-electron chi connectivity index (χ0n) is 9.01. The minimum atomic E-state index is -0.385. The fourth-order valence-electron chi connectivity index (χ4n) is 2.01. The molecule has 0 spiro atoms. The molecule has 2 nitrogen and oxygen atoms in total. The fraction of sp³-hybridized carbons (Fsp3) is 0.500. The largest absolute Gasteiger partial charge is 0.381 e. The van der Waals surface area contributed by atoms with Gasteiger partial charge in [-0.15, -0.1) is 0 Å². The first kappa shape index (κ1) is 11.8. The first-order valence-electron chi connectivity index (χ1n) is 5.40. The summed E-state index contributed by atoms with van der Waals surface area (Å²) in [6.45, 7) is 1.28. The Hall–Kier alpha value is -0.640. The van der Waals surface area contributed by atoms with E-state index in [0.29, 0.717) is 30.2 Å². The Morgan fingerprint density at radius 1 is 1.38 bits per heavy atom. The van der Waals surface area contributed by atoms with Crippen LogP contribution in [0, 0.1) is 5.82 Å². The zero-order valence-corrected chi connectivity index (χ0v) is 9.77. The van der Waals surface area contributed by atoms with Crippen LogP contribution in [-0.4, -0.2) is 18.8 Å². The van der Waals surface area contributed by atoms with Crippen molar-refractivity contribution in [1.82, 2.24) is 0 Å². The summed E-state index contributed by atoms with van der Waals surface area (Å²) >= 11 is 5.98. The Bertz CT molecular complexity index is 357. The molecule has 0 atom stereocenters. The number of hydrogen-bond donors (Lipinski definition) is 1. The Morgan fingerprint density at radius 3 is 2.69 bits per heavy atom. The van der Waals surface area contributed by atoms with E-state index >= 15 is 0 Å². The zero-order chi connectivity index (χ0) is 11.6. The SMILES string of the molecule is NC1(Cc2c(F)cccc2Cl)CCOCC1. The molecule has 16 heavy (non-hydrogen) atoms. The lowest BCUT2D eigenvalue weighted by Gasteiger charge is -2.33. The van der Waals surface area contributed by atoms with Crippen LogP contribution in [0.5, 0.6) is 0 Å². The minimum Gasteiger partial charge on any atom is -0.381 e. The second-order valence-corrected chi connectivity index (χ2v) is 4.76. The van der Waals surface area contributed by atoms with E-state index in [1.807, 2.05) is 0 Å². The van der Waals surface area contributed by atoms with Crippen LogP contribution >= 0.6 is 11.6 Å². The Labute approximate surface area is 99.5 Å². The second-order valence-electron chi connectivity index (χ2n) is 4.35. The molecular weight excluding hydrogens is 229 g/mol. The summed E-state index contributed by atoms with van der Waals surface area (Å²) in [4.78, 5) is 0. The van der Waals surface area contributed by atoms with Crippen LogP contribution in [0.2, 0.25) is 5.02 Å². The highest BCUT2D eigenvalue weighted by atomic mass is 35.5. The standard InChI is InChI=1S/C12H15ClFNO/c13-10-2-1-3-11(14)9(10)8-12(15)4-6-16-7-5-12/h1-3H,4-8,15H2. The Balaban J connectivity index is 2.19. The average molecular weight is 244 g/mol. The van der Waals surface area contributed by atoms with Crippen molar-refractivity contribution in [2.24, 2.45) is 5.73 Å². The van der Waals surface area contributed by atoms with Crippen molar-refractivity contribution in [3.63, 3.8) is 0 Å². The summed E-state index contributed by atoms with van der Waals surface area (Å²) in [5.74, 6) is -0.274. The molecule has 1 heterocycles. The van der Waals surface area contributed by atoms with Crippen molar-refractivity contribution < 1.29 is 9.13 Å². The van der Waals surface area contributed by atoms with Gasteiger partial charge in [0.05, 0.1) is 0 Å². The maximum atomic E-state index is 13.6. The van der Waals surface area contributed by atoms with Crippen LogP contribution in [0.4, 0.5) is 4.39 Å². The third-order valence-electron chi connectivity index (χ3n) is 3.08. The molecule has 0 radical (unpaired) electrons. The number of halogens is 2. The second kappa shape index (κ2) is 4.70. The molecule has 1 aliphatic heterocycles. The monoisotopic (exact) mass is 243 g/mol. The molecular formula is C12H15ClFNO. The molecule has 88 valence electrons. The third kappa shape index (κ3) is 2.54. The molecule has 4 heteroatoms. The van der Waals surface area contributed by atoms with Crippen molar-refractivity contribution in [3.8, 4) is 0 Å². The van der Waals surface area contributed by atoms with Crippen molar-refractivity contribution in [1.29, 1.82) is 0 Å². The summed E-state index contributed by atoms with van der Waals surface area (Å²) in [6, 6.07) is 4.72. The minimum absolute atomic E-state index is 0.274. The smallest absolute Gasteiger partial charge is 0.127 e. The molecule has 0 bridgehead atoms. The van der Waals surface area contributed by atoms with Gasteiger partial charge < -0.3 is 10.5 Å². The van der Waals surface area contributed by atoms with Crippen molar-refractivity contribution in [3.05, 3.63) is 34.6 Å². The van der Waals surface area contributed by atoms with E-state index < -0.39 is 0 Å². The van der Waals surface area contributed by atoms with Gasteiger partial charge in [-0.05, 0) is 31.4 Å². The van der Waals surface area contributed by atoms with Gasteiger partial charge in [0.15, 0.2) is 0 Å². The van der Waals surface area contributed by atoms with E-state index in [-0.39, 0.29) is 11.4 Å². The summed E-state index contributed by atoms with van der Waals surface area (Å²) in [7, 11) is 0. The van der Waals surface area contributed by atoms with Gasteiger partial charge >= 0.3 is 0 Å². The molecule has 2 rings (SSSR count). The number of benzene rings is 1. The number of nitrogens with two attached hydrogens (primary N) is 1. The summed E-state index contributed by atoms with van der Waals surface area (Å²) in [5.41, 5.74) is 6.36. The van der Waals surface area contributed by atoms with E-state index in [1.54, 1.807) is 12.1 Å². The van der Waals surface area contributed by atoms with Gasteiger partial charge in [-0.3, -0.25) is 0 Å². The lowest BCUT2D eigenvalue weighted by Crippen LogP contribution is -2.47. The first-order chi connectivity index (χ1) is 7.61. The molecule has 1 fully saturated rings. The molecule has 0 amide bonds. The van der Waals surface area contributed by atoms with Gasteiger partial charge in [-0.25, -0.2) is 4.39 Å². The van der Waals surface area contributed by atoms with Crippen LogP contribution < -0.4 is 5.73 Å². The summed E-state index contributed by atoms with van der Waals surface area (Å²) in [6.07, 6.45) is 1.97. The lowest BCUT2D eigenvalue weighted by molar-refractivity contribution is 0.0531. The van der Waals surface area contributed by atoms with Crippen LogP contribution in [0.1, 0.15) is 18.4 Å². The maximum absolute atomic E-state index is 13.6. The van der Waals surface area contributed by atoms with Gasteiger partial charge in [0.1, 0.15) is 5.82 Å². The Kier molecular flexibility index (Phi) is 3.47. The summed E-state index contributed by atoms with van der Waals surface area (Å²) < 4.78 is 18.9. The predicted molar refractivity (Wildman–Crippen MR) is 62.1 cm³/mol.